The number of carbonyl (C=O) groups is 1. The smallest absolute Gasteiger partial charge is 0.263 e. The summed E-state index contributed by atoms with van der Waals surface area (Å²) in [6, 6.07) is 0. The summed E-state index contributed by atoms with van der Waals surface area (Å²) in [7, 11) is -3.95. The van der Waals surface area contributed by atoms with Gasteiger partial charge >= 0.3 is 0 Å². The topological polar surface area (TPSA) is 114 Å². The largest absolute Gasteiger partial charge is 0.377 e. The number of amides is 1. The molecule has 1 saturated carbocycles. The van der Waals surface area contributed by atoms with E-state index in [2.05, 4.69) is 42.0 Å². The van der Waals surface area contributed by atoms with Gasteiger partial charge in [0.2, 0.25) is 0 Å². The van der Waals surface area contributed by atoms with E-state index >= 15 is 0 Å². The molecule has 1 amide bonds. The fourth-order valence-corrected chi connectivity index (χ4v) is 8.50. The molecule has 1 aromatic rings. The van der Waals surface area contributed by atoms with Crippen LogP contribution in [0.25, 0.3) is 0 Å². The zero-order valence-electron chi connectivity index (χ0n) is 27.1. The Morgan fingerprint density at radius 3 is 2.57 bits per heavy atom. The second kappa shape index (κ2) is 13.2. The molecule has 0 bridgehead atoms. The number of carbonyl (C=O) groups excluding carboxylic acids is 1. The molecule has 1 aromatic heterocycles. The Bertz CT molecular complexity index is 1520. The predicted octanol–water partition coefficient (Wildman–Crippen LogP) is 6.78. The van der Waals surface area contributed by atoms with Crippen LogP contribution in [0.1, 0.15) is 90.4 Å². The SMILES string of the molecule is CCCCC1=NC2(CCCC2)C(=O)N1CC1=CC(C)C(C2=CCC(C)C=C2S(=O)(=O)Nc2noc(C)c2C)C(COCC)=C1. The summed E-state index contributed by atoms with van der Waals surface area (Å²) in [6.45, 7) is 13.2. The molecule has 5 rings (SSSR count). The van der Waals surface area contributed by atoms with Crippen molar-refractivity contribution in [1.29, 1.82) is 0 Å². The lowest BCUT2D eigenvalue weighted by molar-refractivity contribution is -0.130. The Morgan fingerprint density at radius 2 is 1.91 bits per heavy atom. The van der Waals surface area contributed by atoms with Crippen LogP contribution in [-0.2, 0) is 19.6 Å². The Hall–Kier alpha value is -2.98. The molecule has 10 heteroatoms. The van der Waals surface area contributed by atoms with Crippen molar-refractivity contribution in [3.63, 3.8) is 0 Å². The molecular weight excluding hydrogens is 576 g/mol. The standard InChI is InChI=1S/C34H48N4O5S/c1-7-9-12-30-35-34(15-10-11-16-34)33(39)38(30)20-26-18-23(4)31(27(19-26)21-42-8-2)28-14-13-22(3)17-29(28)44(40,41)37-32-24(5)25(6)43-36-32/h14,17-19,22-23,31H,7-13,15-16,20-21H2,1-6H3,(H,36,37). The molecule has 0 radical (unpaired) electrons. The van der Waals surface area contributed by atoms with E-state index in [1.807, 2.05) is 24.8 Å². The molecule has 0 saturated heterocycles. The summed E-state index contributed by atoms with van der Waals surface area (Å²) in [4.78, 5) is 21.1. The minimum Gasteiger partial charge on any atom is -0.377 e. The summed E-state index contributed by atoms with van der Waals surface area (Å²) in [5.74, 6) is 1.70. The maximum absolute atomic E-state index is 13.9. The molecule has 2 heterocycles. The highest BCUT2D eigenvalue weighted by molar-refractivity contribution is 7.96. The number of hydrogen-bond donors (Lipinski definition) is 1. The Balaban J connectivity index is 1.45. The lowest BCUT2D eigenvalue weighted by Gasteiger charge is -2.35. The van der Waals surface area contributed by atoms with Gasteiger partial charge in [-0.05, 0) is 75.0 Å². The minimum absolute atomic E-state index is 0.0195. The first-order chi connectivity index (χ1) is 21.0. The van der Waals surface area contributed by atoms with Gasteiger partial charge in [-0.25, -0.2) is 8.42 Å². The maximum Gasteiger partial charge on any atom is 0.263 e. The molecule has 1 aliphatic heterocycles. The fraction of sp³-hybridized carbons (Fsp3) is 0.618. The van der Waals surface area contributed by atoms with Gasteiger partial charge in [-0.15, -0.1) is 0 Å². The monoisotopic (exact) mass is 624 g/mol. The van der Waals surface area contributed by atoms with Crippen LogP contribution < -0.4 is 4.72 Å². The number of anilines is 1. The van der Waals surface area contributed by atoms with Gasteiger partial charge in [0.15, 0.2) is 5.82 Å². The molecular formula is C34H48N4O5S. The molecule has 3 atom stereocenters. The van der Waals surface area contributed by atoms with Crippen molar-refractivity contribution in [2.45, 2.75) is 98.4 Å². The number of aliphatic imine (C=N–C) groups is 1. The number of nitrogens with zero attached hydrogens (tertiary/aromatic N) is 3. The normalized spacial score (nSPS) is 25.1. The number of allylic oxidation sites excluding steroid dienone is 4. The van der Waals surface area contributed by atoms with Gasteiger partial charge in [-0.2, -0.15) is 0 Å². The van der Waals surface area contributed by atoms with Gasteiger partial charge in [0.05, 0.1) is 18.1 Å². The summed E-state index contributed by atoms with van der Waals surface area (Å²) < 4.78 is 41.6. The molecule has 9 nitrogen and oxygen atoms in total. The van der Waals surface area contributed by atoms with Crippen LogP contribution in [0.5, 0.6) is 0 Å². The van der Waals surface area contributed by atoms with Crippen LogP contribution >= 0.6 is 0 Å². The van der Waals surface area contributed by atoms with E-state index < -0.39 is 15.6 Å². The minimum atomic E-state index is -3.95. The van der Waals surface area contributed by atoms with E-state index in [1.165, 1.54) is 0 Å². The molecule has 1 spiro atoms. The quantitative estimate of drug-likeness (QED) is 0.274. The van der Waals surface area contributed by atoms with Gasteiger partial charge in [-0.3, -0.25) is 19.4 Å². The summed E-state index contributed by atoms with van der Waals surface area (Å²) in [6.07, 6.45) is 15.6. The number of aromatic nitrogens is 1. The number of amidine groups is 1. The maximum atomic E-state index is 13.9. The van der Waals surface area contributed by atoms with Gasteiger partial charge < -0.3 is 9.26 Å². The van der Waals surface area contributed by atoms with Crippen molar-refractivity contribution in [2.24, 2.45) is 22.7 Å². The molecule has 4 aliphatic rings. The zero-order valence-corrected chi connectivity index (χ0v) is 27.9. The van der Waals surface area contributed by atoms with Crippen LogP contribution in [0.3, 0.4) is 0 Å². The number of ether oxygens (including phenoxy) is 1. The van der Waals surface area contributed by atoms with Crippen molar-refractivity contribution in [2.75, 3.05) is 24.5 Å². The Kier molecular flexibility index (Phi) is 9.70. The second-order valence-corrected chi connectivity index (χ2v) is 14.6. The van der Waals surface area contributed by atoms with Crippen LogP contribution in [0.2, 0.25) is 0 Å². The van der Waals surface area contributed by atoms with Gasteiger partial charge in [-0.1, -0.05) is 69.5 Å². The first-order valence-electron chi connectivity index (χ1n) is 16.3. The van der Waals surface area contributed by atoms with E-state index in [0.717, 1.165) is 73.9 Å². The van der Waals surface area contributed by atoms with Crippen molar-refractivity contribution in [1.82, 2.24) is 10.1 Å². The van der Waals surface area contributed by atoms with Crippen molar-refractivity contribution in [3.8, 4) is 0 Å². The molecule has 3 aliphatic carbocycles. The number of unbranched alkanes of at least 4 members (excludes halogenated alkanes) is 1. The predicted molar refractivity (Wildman–Crippen MR) is 174 cm³/mol. The van der Waals surface area contributed by atoms with E-state index in [-0.39, 0.29) is 34.4 Å². The lowest BCUT2D eigenvalue weighted by Crippen LogP contribution is -2.42. The molecule has 44 heavy (non-hydrogen) atoms. The van der Waals surface area contributed by atoms with Gasteiger partial charge in [0.1, 0.15) is 17.1 Å². The first kappa shape index (κ1) is 32.4. The van der Waals surface area contributed by atoms with E-state index in [4.69, 9.17) is 14.3 Å². The van der Waals surface area contributed by atoms with Gasteiger partial charge in [0, 0.05) is 24.5 Å². The van der Waals surface area contributed by atoms with Crippen molar-refractivity contribution in [3.05, 3.63) is 57.3 Å². The number of aryl methyl sites for hydroxylation is 1. The highest BCUT2D eigenvalue weighted by Gasteiger charge is 2.49. The Labute approximate surface area is 262 Å². The van der Waals surface area contributed by atoms with Crippen molar-refractivity contribution < 1.29 is 22.5 Å². The molecule has 240 valence electrons. The van der Waals surface area contributed by atoms with Crippen LogP contribution in [-0.4, -0.2) is 55.5 Å². The molecule has 0 aromatic carbocycles. The summed E-state index contributed by atoms with van der Waals surface area (Å²) in [5, 5.41) is 3.94. The van der Waals surface area contributed by atoms with E-state index in [0.29, 0.717) is 31.1 Å². The van der Waals surface area contributed by atoms with E-state index in [9.17, 15) is 13.2 Å². The zero-order chi connectivity index (χ0) is 31.6. The third-order valence-corrected chi connectivity index (χ3v) is 10.9. The average molecular weight is 625 g/mol. The van der Waals surface area contributed by atoms with Crippen LogP contribution in [0.15, 0.2) is 55.4 Å². The van der Waals surface area contributed by atoms with E-state index in [1.54, 1.807) is 13.8 Å². The number of sulfonamides is 1. The Morgan fingerprint density at radius 1 is 1.16 bits per heavy atom. The average Bonchev–Trinajstić information content (AvgIpc) is 3.66. The summed E-state index contributed by atoms with van der Waals surface area (Å²) in [5.41, 5.74) is 2.92. The third kappa shape index (κ3) is 6.38. The third-order valence-electron chi connectivity index (χ3n) is 9.51. The van der Waals surface area contributed by atoms with Crippen LogP contribution in [0.4, 0.5) is 5.82 Å². The molecule has 3 unspecified atom stereocenters. The lowest BCUT2D eigenvalue weighted by atomic mass is 9.74. The highest BCUT2D eigenvalue weighted by atomic mass is 32.2. The number of nitrogens with one attached hydrogen (secondary N) is 1. The number of rotatable bonds is 12. The van der Waals surface area contributed by atoms with Crippen molar-refractivity contribution >= 4 is 27.6 Å². The highest BCUT2D eigenvalue weighted by Crippen LogP contribution is 2.44. The second-order valence-electron chi connectivity index (χ2n) is 12.9. The van der Waals surface area contributed by atoms with Crippen LogP contribution in [0, 0.1) is 31.6 Å². The molecule has 1 N–H and O–H groups in total. The first-order valence-corrected chi connectivity index (χ1v) is 17.8. The van der Waals surface area contributed by atoms with Gasteiger partial charge in [0.25, 0.3) is 15.9 Å². The molecule has 1 fully saturated rings. The number of hydrogen-bond acceptors (Lipinski definition) is 7. The summed E-state index contributed by atoms with van der Waals surface area (Å²) >= 11 is 0. The fourth-order valence-electron chi connectivity index (χ4n) is 7.02.